The van der Waals surface area contributed by atoms with Gasteiger partial charge in [0.05, 0.1) is 0 Å². The fourth-order valence-electron chi connectivity index (χ4n) is 14.7. The summed E-state index contributed by atoms with van der Waals surface area (Å²) < 4.78 is 0. The molecular weight excluding hydrogens is 735 g/mol. The van der Waals surface area contributed by atoms with Crippen molar-refractivity contribution < 1.29 is 0 Å². The molecule has 1 heteroatoms. The highest BCUT2D eigenvalue weighted by Crippen LogP contribution is 2.68. The van der Waals surface area contributed by atoms with Crippen LogP contribution in [-0.2, 0) is 17.4 Å². The van der Waals surface area contributed by atoms with Crippen LogP contribution in [0.5, 0.6) is 0 Å². The van der Waals surface area contributed by atoms with E-state index < -0.39 is 0 Å². The molecule has 0 saturated heterocycles. The molecule has 5 atom stereocenters. The monoisotopic (exact) mass is 789 g/mol. The van der Waals surface area contributed by atoms with E-state index in [1.54, 1.807) is 22.3 Å². The van der Waals surface area contributed by atoms with Crippen molar-refractivity contribution in [2.45, 2.75) is 88.0 Å². The highest BCUT2D eigenvalue weighted by Gasteiger charge is 2.59. The Balaban J connectivity index is 1.00. The van der Waals surface area contributed by atoms with Crippen molar-refractivity contribution in [3.05, 3.63) is 192 Å². The first-order chi connectivity index (χ1) is 30.2. The maximum Gasteiger partial charge on any atom is 0.0494 e. The number of fused-ring (bicyclic) bond motifs is 9. The van der Waals surface area contributed by atoms with Crippen LogP contribution in [-0.4, -0.2) is 0 Å². The highest BCUT2D eigenvalue weighted by molar-refractivity contribution is 5.89. The SMILES string of the molecule is c1ccc(-c2ccc(N(Cc3ccc4c(c3)C3(c5ccccc5-4)C4CCC5CC(C4)CC3C5)c3ccc4c(c3)C3(CCCCC3)c3ccccc3-4)c(-c3ccccc3)c2)cc1. The van der Waals surface area contributed by atoms with Crippen molar-refractivity contribution in [1.82, 2.24) is 0 Å². The Kier molecular flexibility index (Phi) is 8.23. The third kappa shape index (κ3) is 5.38. The first kappa shape index (κ1) is 36.0. The van der Waals surface area contributed by atoms with Gasteiger partial charge in [0.2, 0.25) is 0 Å². The largest absolute Gasteiger partial charge is 0.336 e. The minimum absolute atomic E-state index is 0.0923. The minimum Gasteiger partial charge on any atom is -0.336 e. The number of hydrogen-bond acceptors (Lipinski definition) is 1. The van der Waals surface area contributed by atoms with Crippen molar-refractivity contribution in [2.24, 2.45) is 23.7 Å². The van der Waals surface area contributed by atoms with Crippen LogP contribution in [0.3, 0.4) is 0 Å². The maximum absolute atomic E-state index is 2.72. The van der Waals surface area contributed by atoms with Gasteiger partial charge >= 0.3 is 0 Å². The molecule has 0 aromatic heterocycles. The molecule has 0 radical (unpaired) electrons. The summed E-state index contributed by atoms with van der Waals surface area (Å²) in [7, 11) is 0. The van der Waals surface area contributed by atoms with Gasteiger partial charge in [0.15, 0.2) is 0 Å². The summed E-state index contributed by atoms with van der Waals surface area (Å²) in [6, 6.07) is 63.6. The second-order valence-corrected chi connectivity index (χ2v) is 19.9. The molecule has 7 aliphatic rings. The number of benzene rings is 7. The molecule has 300 valence electrons. The van der Waals surface area contributed by atoms with Gasteiger partial charge in [-0.25, -0.2) is 0 Å². The highest BCUT2D eigenvalue weighted by atomic mass is 15.1. The first-order valence-corrected chi connectivity index (χ1v) is 23.7. The van der Waals surface area contributed by atoms with Gasteiger partial charge in [0, 0.05) is 34.3 Å². The van der Waals surface area contributed by atoms with Crippen LogP contribution in [0.15, 0.2) is 164 Å². The lowest BCUT2D eigenvalue weighted by atomic mass is 9.50. The molecule has 14 rings (SSSR count). The Morgan fingerprint density at radius 2 is 1.08 bits per heavy atom. The predicted octanol–water partition coefficient (Wildman–Crippen LogP) is 15.7. The standard InChI is InChI=1S/C60H55N/c1-4-14-43(15-5-1)45-24-29-58(53(37-45)44-16-6-2-7-17-44)61(48-26-28-51-49-18-8-10-20-54(49)59(56(51)38-48)30-12-3-13-31-59)39-41-23-27-52-50-19-9-11-21-55(50)60(57(52)36-41)46-25-22-40-32-42(34-46)35-47(60)33-40/h1-2,4-11,14-21,23-24,26-29,36-38,40,42,46-47H,3,12-13,22,25,30-35,39H2. The van der Waals surface area contributed by atoms with Gasteiger partial charge in [-0.05, 0) is 160 Å². The van der Waals surface area contributed by atoms with Crippen molar-refractivity contribution in [3.63, 3.8) is 0 Å². The second kappa shape index (κ2) is 13.9. The van der Waals surface area contributed by atoms with E-state index in [4.69, 9.17) is 0 Å². The molecule has 2 spiro atoms. The average molecular weight is 790 g/mol. The van der Waals surface area contributed by atoms with E-state index >= 15 is 0 Å². The van der Waals surface area contributed by atoms with Crippen LogP contribution in [0, 0.1) is 23.7 Å². The van der Waals surface area contributed by atoms with E-state index in [2.05, 4.69) is 169 Å². The van der Waals surface area contributed by atoms with E-state index in [9.17, 15) is 0 Å². The molecule has 7 aromatic rings. The van der Waals surface area contributed by atoms with Gasteiger partial charge < -0.3 is 4.90 Å². The molecule has 0 heterocycles. The summed E-state index contributed by atoms with van der Waals surface area (Å²) in [6.45, 7) is 0.809. The van der Waals surface area contributed by atoms with Crippen molar-refractivity contribution >= 4 is 11.4 Å². The second-order valence-electron chi connectivity index (χ2n) is 19.9. The Hall–Kier alpha value is -5.66. The molecule has 5 fully saturated rings. The van der Waals surface area contributed by atoms with Gasteiger partial charge in [0.25, 0.3) is 0 Å². The van der Waals surface area contributed by atoms with Gasteiger partial charge in [0.1, 0.15) is 0 Å². The Morgan fingerprint density at radius 3 is 1.90 bits per heavy atom. The average Bonchev–Trinajstić information content (AvgIpc) is 3.64. The van der Waals surface area contributed by atoms with Crippen LogP contribution in [0.25, 0.3) is 44.5 Å². The minimum atomic E-state index is 0.0923. The number of nitrogens with zero attached hydrogens (tertiary/aromatic N) is 1. The van der Waals surface area contributed by atoms with Gasteiger partial charge in [-0.15, -0.1) is 0 Å². The van der Waals surface area contributed by atoms with Gasteiger partial charge in [-0.2, -0.15) is 0 Å². The Morgan fingerprint density at radius 1 is 0.426 bits per heavy atom. The number of anilines is 2. The Labute approximate surface area is 362 Å². The van der Waals surface area contributed by atoms with E-state index in [0.29, 0.717) is 0 Å². The quantitative estimate of drug-likeness (QED) is 0.162. The summed E-state index contributed by atoms with van der Waals surface area (Å²) in [6.07, 6.45) is 14.9. The topological polar surface area (TPSA) is 3.24 Å². The summed E-state index contributed by atoms with van der Waals surface area (Å²) >= 11 is 0. The van der Waals surface area contributed by atoms with Gasteiger partial charge in [-0.3, -0.25) is 0 Å². The van der Waals surface area contributed by atoms with Crippen molar-refractivity contribution in [1.29, 1.82) is 0 Å². The third-order valence-electron chi connectivity index (χ3n) is 17.0. The zero-order valence-electron chi connectivity index (χ0n) is 35.3. The molecule has 5 saturated carbocycles. The van der Waals surface area contributed by atoms with E-state index in [1.165, 1.54) is 132 Å². The zero-order valence-corrected chi connectivity index (χ0v) is 35.3. The predicted molar refractivity (Wildman–Crippen MR) is 253 cm³/mol. The molecule has 0 N–H and O–H groups in total. The Bertz CT molecular complexity index is 2800. The van der Waals surface area contributed by atoms with Crippen LogP contribution in [0.2, 0.25) is 0 Å². The molecular formula is C60H55N. The molecule has 7 aliphatic carbocycles. The maximum atomic E-state index is 2.72. The van der Waals surface area contributed by atoms with Crippen LogP contribution in [0.4, 0.5) is 11.4 Å². The van der Waals surface area contributed by atoms with E-state index in [-0.39, 0.29) is 10.8 Å². The first-order valence-electron chi connectivity index (χ1n) is 23.7. The summed E-state index contributed by atoms with van der Waals surface area (Å²) in [5.74, 6) is 3.31. The van der Waals surface area contributed by atoms with E-state index in [1.807, 2.05) is 0 Å². The zero-order chi connectivity index (χ0) is 40.1. The molecule has 7 aromatic carbocycles. The lowest BCUT2D eigenvalue weighted by Gasteiger charge is -2.53. The fourth-order valence-corrected chi connectivity index (χ4v) is 14.7. The number of rotatable bonds is 6. The molecule has 1 nitrogen and oxygen atoms in total. The third-order valence-corrected chi connectivity index (χ3v) is 17.0. The number of hydrogen-bond donors (Lipinski definition) is 0. The van der Waals surface area contributed by atoms with Crippen LogP contribution >= 0.6 is 0 Å². The molecule has 61 heavy (non-hydrogen) atoms. The lowest BCUT2D eigenvalue weighted by Crippen LogP contribution is -2.48. The molecule has 4 bridgehead atoms. The summed E-state index contributed by atoms with van der Waals surface area (Å²) in [4.78, 5) is 2.69. The normalized spacial score (nSPS) is 24.6. The smallest absolute Gasteiger partial charge is 0.0494 e. The lowest BCUT2D eigenvalue weighted by molar-refractivity contribution is 0.0617. The fraction of sp³-hybridized carbons (Fsp3) is 0.300. The molecule has 0 aliphatic heterocycles. The molecule has 5 unspecified atom stereocenters. The van der Waals surface area contributed by atoms with Crippen molar-refractivity contribution in [3.8, 4) is 44.5 Å². The summed E-state index contributed by atoms with van der Waals surface area (Å²) in [5, 5.41) is 0. The van der Waals surface area contributed by atoms with Crippen LogP contribution in [0.1, 0.15) is 98.4 Å². The van der Waals surface area contributed by atoms with E-state index in [0.717, 1.165) is 30.2 Å². The summed E-state index contributed by atoms with van der Waals surface area (Å²) in [5.41, 5.74) is 21.6. The van der Waals surface area contributed by atoms with Crippen molar-refractivity contribution in [2.75, 3.05) is 4.90 Å². The molecule has 0 amide bonds. The van der Waals surface area contributed by atoms with Crippen LogP contribution < -0.4 is 4.90 Å². The van der Waals surface area contributed by atoms with Gasteiger partial charge in [-0.1, -0.05) is 165 Å².